The van der Waals surface area contributed by atoms with E-state index in [0.717, 1.165) is 38.5 Å². The van der Waals surface area contributed by atoms with E-state index < -0.39 is 0 Å². The van der Waals surface area contributed by atoms with Gasteiger partial charge >= 0.3 is 0 Å². The average molecular weight is 286 g/mol. The Morgan fingerprint density at radius 2 is 2.24 bits per heavy atom. The number of hydrogen-bond acceptors (Lipinski definition) is 4. The highest BCUT2D eigenvalue weighted by Crippen LogP contribution is 2.10. The minimum absolute atomic E-state index is 0.285. The Hall–Kier alpha value is -1.69. The highest BCUT2D eigenvalue weighted by Gasteiger charge is 2.15. The Bertz CT molecular complexity index is 548. The van der Waals surface area contributed by atoms with Gasteiger partial charge in [-0.2, -0.15) is 5.10 Å². The zero-order valence-corrected chi connectivity index (χ0v) is 12.4. The Morgan fingerprint density at radius 3 is 3.00 bits per heavy atom. The predicted molar refractivity (Wildman–Crippen MR) is 82.5 cm³/mol. The molecule has 1 atom stereocenters. The molecule has 1 aromatic carbocycles. The van der Waals surface area contributed by atoms with Crippen molar-refractivity contribution in [1.29, 1.82) is 0 Å². The minimum atomic E-state index is 0.285. The molecule has 1 aliphatic heterocycles. The lowest BCUT2D eigenvalue weighted by atomic mass is 10.2. The fraction of sp³-hybridized carbons (Fsp3) is 0.438. The molecule has 2 heterocycles. The zero-order valence-electron chi connectivity index (χ0n) is 12.4. The van der Waals surface area contributed by atoms with Crippen LogP contribution in [-0.4, -0.2) is 54.1 Å². The summed E-state index contributed by atoms with van der Waals surface area (Å²) in [7, 11) is 2.12. The molecule has 0 bridgehead atoms. The van der Waals surface area contributed by atoms with Crippen LogP contribution in [0.4, 0.5) is 0 Å². The Kier molecular flexibility index (Phi) is 4.65. The van der Waals surface area contributed by atoms with Gasteiger partial charge in [0.2, 0.25) is 0 Å². The second-order valence-electron chi connectivity index (χ2n) is 5.52. The summed E-state index contributed by atoms with van der Waals surface area (Å²) in [5.74, 6) is 0. The van der Waals surface area contributed by atoms with E-state index in [9.17, 15) is 0 Å². The molecule has 0 amide bonds. The predicted octanol–water partition coefficient (Wildman–Crippen LogP) is 1.29. The summed E-state index contributed by atoms with van der Waals surface area (Å²) in [5.41, 5.74) is 2.30. The van der Waals surface area contributed by atoms with E-state index >= 15 is 0 Å². The number of ether oxygens (including phenoxy) is 1. The molecule has 0 spiro atoms. The summed E-state index contributed by atoms with van der Waals surface area (Å²) in [4.78, 5) is 2.28. The molecular weight excluding hydrogens is 264 g/mol. The average Bonchev–Trinajstić information content (AvgIpc) is 2.97. The molecule has 1 aromatic heterocycles. The summed E-state index contributed by atoms with van der Waals surface area (Å²) >= 11 is 0. The molecule has 1 N–H and O–H groups in total. The highest BCUT2D eigenvalue weighted by molar-refractivity contribution is 5.30. The van der Waals surface area contributed by atoms with Gasteiger partial charge in [0, 0.05) is 37.9 Å². The van der Waals surface area contributed by atoms with Gasteiger partial charge in [0.25, 0.3) is 0 Å². The Balaban J connectivity index is 1.56. The van der Waals surface area contributed by atoms with Crippen molar-refractivity contribution in [2.45, 2.75) is 12.6 Å². The number of para-hydroxylation sites is 1. The lowest BCUT2D eigenvalue weighted by Crippen LogP contribution is -2.44. The van der Waals surface area contributed by atoms with E-state index in [1.807, 2.05) is 29.1 Å². The van der Waals surface area contributed by atoms with Crippen LogP contribution in [0.1, 0.15) is 5.56 Å². The van der Waals surface area contributed by atoms with Gasteiger partial charge in [-0.3, -0.25) is 4.90 Å². The van der Waals surface area contributed by atoms with Crippen LogP contribution in [0.2, 0.25) is 0 Å². The maximum absolute atomic E-state index is 5.74. The SMILES string of the molecule is CN(Cc1cnn(-c2ccccc2)c1)CC1CNCCO1. The lowest BCUT2D eigenvalue weighted by molar-refractivity contribution is 0.00884. The third-order valence-corrected chi connectivity index (χ3v) is 3.63. The smallest absolute Gasteiger partial charge is 0.0826 e. The van der Waals surface area contributed by atoms with Gasteiger partial charge in [-0.1, -0.05) is 18.2 Å². The van der Waals surface area contributed by atoms with E-state index in [1.54, 1.807) is 0 Å². The number of morpholine rings is 1. The molecule has 0 saturated carbocycles. The first-order valence-electron chi connectivity index (χ1n) is 7.41. The third-order valence-electron chi connectivity index (χ3n) is 3.63. The van der Waals surface area contributed by atoms with E-state index in [0.29, 0.717) is 0 Å². The first-order valence-corrected chi connectivity index (χ1v) is 7.41. The molecule has 21 heavy (non-hydrogen) atoms. The van der Waals surface area contributed by atoms with Crippen molar-refractivity contribution in [3.63, 3.8) is 0 Å². The number of benzene rings is 1. The largest absolute Gasteiger partial charge is 0.374 e. The van der Waals surface area contributed by atoms with E-state index in [2.05, 4.69) is 40.7 Å². The number of aromatic nitrogens is 2. The first kappa shape index (κ1) is 14.3. The van der Waals surface area contributed by atoms with Gasteiger partial charge in [0.05, 0.1) is 24.6 Å². The molecule has 5 nitrogen and oxygen atoms in total. The Morgan fingerprint density at radius 1 is 1.38 bits per heavy atom. The summed E-state index contributed by atoms with van der Waals surface area (Å²) in [6, 6.07) is 10.2. The fourth-order valence-corrected chi connectivity index (χ4v) is 2.62. The van der Waals surface area contributed by atoms with Gasteiger partial charge in [0.15, 0.2) is 0 Å². The van der Waals surface area contributed by atoms with Crippen molar-refractivity contribution >= 4 is 0 Å². The summed E-state index contributed by atoms with van der Waals surface area (Å²) in [6.45, 7) is 4.53. The van der Waals surface area contributed by atoms with Gasteiger partial charge in [-0.25, -0.2) is 4.68 Å². The first-order chi connectivity index (χ1) is 10.3. The lowest BCUT2D eigenvalue weighted by Gasteiger charge is -2.27. The minimum Gasteiger partial charge on any atom is -0.374 e. The summed E-state index contributed by atoms with van der Waals surface area (Å²) in [6.07, 6.45) is 4.31. The topological polar surface area (TPSA) is 42.3 Å². The molecule has 5 heteroatoms. The van der Waals surface area contributed by atoms with Gasteiger partial charge in [-0.15, -0.1) is 0 Å². The molecule has 1 unspecified atom stereocenters. The van der Waals surface area contributed by atoms with Crippen LogP contribution >= 0.6 is 0 Å². The molecule has 3 rings (SSSR count). The number of likely N-dealkylation sites (N-methyl/N-ethyl adjacent to an activating group) is 1. The monoisotopic (exact) mass is 286 g/mol. The van der Waals surface area contributed by atoms with Crippen LogP contribution in [0.3, 0.4) is 0 Å². The van der Waals surface area contributed by atoms with Crippen LogP contribution in [0.25, 0.3) is 5.69 Å². The second kappa shape index (κ2) is 6.85. The summed E-state index contributed by atoms with van der Waals surface area (Å²) in [5, 5.41) is 7.79. The van der Waals surface area contributed by atoms with Crippen LogP contribution in [0.15, 0.2) is 42.7 Å². The van der Waals surface area contributed by atoms with E-state index in [-0.39, 0.29) is 6.10 Å². The van der Waals surface area contributed by atoms with Crippen molar-refractivity contribution < 1.29 is 4.74 Å². The van der Waals surface area contributed by atoms with Crippen molar-refractivity contribution in [3.05, 3.63) is 48.3 Å². The number of nitrogens with zero attached hydrogens (tertiary/aromatic N) is 3. The van der Waals surface area contributed by atoms with Gasteiger partial charge in [0.1, 0.15) is 0 Å². The molecule has 1 fully saturated rings. The molecule has 1 aliphatic rings. The third kappa shape index (κ3) is 3.91. The molecule has 0 aliphatic carbocycles. The number of nitrogens with one attached hydrogen (secondary N) is 1. The highest BCUT2D eigenvalue weighted by atomic mass is 16.5. The Labute approximate surface area is 125 Å². The second-order valence-corrected chi connectivity index (χ2v) is 5.52. The number of hydrogen-bond donors (Lipinski definition) is 1. The standard InChI is InChI=1S/C16H22N4O/c1-19(13-16-10-17-7-8-21-16)11-14-9-18-20(12-14)15-5-3-2-4-6-15/h2-6,9,12,16-17H,7-8,10-11,13H2,1H3. The van der Waals surface area contributed by atoms with E-state index in [4.69, 9.17) is 4.74 Å². The maximum atomic E-state index is 5.74. The van der Waals surface area contributed by atoms with E-state index in [1.165, 1.54) is 5.56 Å². The zero-order chi connectivity index (χ0) is 14.5. The van der Waals surface area contributed by atoms with Crippen LogP contribution in [0, 0.1) is 0 Å². The molecular formula is C16H22N4O. The molecule has 0 radical (unpaired) electrons. The quantitative estimate of drug-likeness (QED) is 0.899. The molecule has 2 aromatic rings. The summed E-state index contributed by atoms with van der Waals surface area (Å²) < 4.78 is 7.65. The van der Waals surface area contributed by atoms with Crippen LogP contribution in [0.5, 0.6) is 0 Å². The van der Waals surface area contributed by atoms with Gasteiger partial charge in [-0.05, 0) is 19.2 Å². The fourth-order valence-electron chi connectivity index (χ4n) is 2.62. The van der Waals surface area contributed by atoms with Crippen LogP contribution in [-0.2, 0) is 11.3 Å². The normalized spacial score (nSPS) is 19.0. The van der Waals surface area contributed by atoms with Crippen molar-refractivity contribution in [2.75, 3.05) is 33.3 Å². The number of rotatable bonds is 5. The maximum Gasteiger partial charge on any atom is 0.0826 e. The van der Waals surface area contributed by atoms with Crippen LogP contribution < -0.4 is 5.32 Å². The van der Waals surface area contributed by atoms with Crippen molar-refractivity contribution in [3.8, 4) is 5.69 Å². The molecule has 1 saturated heterocycles. The van der Waals surface area contributed by atoms with Crippen molar-refractivity contribution in [2.24, 2.45) is 0 Å². The van der Waals surface area contributed by atoms with Crippen molar-refractivity contribution in [1.82, 2.24) is 20.0 Å². The molecule has 112 valence electrons. The van der Waals surface area contributed by atoms with Gasteiger partial charge < -0.3 is 10.1 Å².